The summed E-state index contributed by atoms with van der Waals surface area (Å²) in [6.07, 6.45) is 6.15. The maximum atomic E-state index is 12.1. The Morgan fingerprint density at radius 1 is 1.33 bits per heavy atom. The van der Waals surface area contributed by atoms with Crippen LogP contribution in [0.3, 0.4) is 0 Å². The van der Waals surface area contributed by atoms with Gasteiger partial charge in [0.15, 0.2) is 0 Å². The summed E-state index contributed by atoms with van der Waals surface area (Å²) >= 11 is 0. The molecule has 0 aromatic rings. The summed E-state index contributed by atoms with van der Waals surface area (Å²) in [5.74, 6) is 0.425. The largest absolute Gasteiger partial charge is 0.352 e. The lowest BCUT2D eigenvalue weighted by molar-refractivity contribution is -0.126. The first-order valence-corrected chi connectivity index (χ1v) is 7.49. The van der Waals surface area contributed by atoms with Crippen LogP contribution in [0.2, 0.25) is 0 Å². The van der Waals surface area contributed by atoms with Gasteiger partial charge in [-0.2, -0.15) is 0 Å². The SMILES string of the molecule is CC(CN1CCCCC1)NC(=O)[C@H]1CCCNC1. The number of amides is 1. The molecule has 0 spiro atoms. The second-order valence-corrected chi connectivity index (χ2v) is 5.81. The first-order chi connectivity index (χ1) is 8.75. The van der Waals surface area contributed by atoms with E-state index in [-0.39, 0.29) is 17.9 Å². The number of hydrogen-bond donors (Lipinski definition) is 2. The Morgan fingerprint density at radius 3 is 2.78 bits per heavy atom. The number of rotatable bonds is 4. The second-order valence-electron chi connectivity index (χ2n) is 5.81. The zero-order valence-electron chi connectivity index (χ0n) is 11.6. The number of carbonyl (C=O) groups is 1. The van der Waals surface area contributed by atoms with Crippen LogP contribution in [0.1, 0.15) is 39.0 Å². The van der Waals surface area contributed by atoms with Crippen LogP contribution in [0.5, 0.6) is 0 Å². The maximum absolute atomic E-state index is 12.1. The molecule has 0 aromatic heterocycles. The van der Waals surface area contributed by atoms with Crippen LogP contribution in [-0.2, 0) is 4.79 Å². The number of likely N-dealkylation sites (tertiary alicyclic amines) is 1. The highest BCUT2D eigenvalue weighted by atomic mass is 16.2. The van der Waals surface area contributed by atoms with Crippen LogP contribution in [0.25, 0.3) is 0 Å². The molecule has 1 unspecified atom stereocenters. The van der Waals surface area contributed by atoms with Crippen molar-refractivity contribution in [2.75, 3.05) is 32.7 Å². The first-order valence-electron chi connectivity index (χ1n) is 7.49. The Bertz CT molecular complexity index is 258. The summed E-state index contributed by atoms with van der Waals surface area (Å²) in [6, 6.07) is 0.275. The van der Waals surface area contributed by atoms with Crippen molar-refractivity contribution in [2.24, 2.45) is 5.92 Å². The highest BCUT2D eigenvalue weighted by Gasteiger charge is 2.22. The van der Waals surface area contributed by atoms with Crippen LogP contribution in [-0.4, -0.2) is 49.6 Å². The molecule has 2 rings (SSSR count). The highest BCUT2D eigenvalue weighted by Crippen LogP contribution is 2.11. The average Bonchev–Trinajstić information content (AvgIpc) is 2.40. The fourth-order valence-corrected chi connectivity index (χ4v) is 3.01. The van der Waals surface area contributed by atoms with Crippen LogP contribution in [0.15, 0.2) is 0 Å². The lowest BCUT2D eigenvalue weighted by atomic mass is 9.98. The van der Waals surface area contributed by atoms with Crippen molar-refractivity contribution in [3.8, 4) is 0 Å². The van der Waals surface area contributed by atoms with Gasteiger partial charge in [0.25, 0.3) is 0 Å². The summed E-state index contributed by atoms with van der Waals surface area (Å²) in [7, 11) is 0. The predicted octanol–water partition coefficient (Wildman–Crippen LogP) is 0.977. The molecule has 0 aromatic carbocycles. The monoisotopic (exact) mass is 253 g/mol. The highest BCUT2D eigenvalue weighted by molar-refractivity contribution is 5.79. The second kappa shape index (κ2) is 7.10. The van der Waals surface area contributed by atoms with E-state index >= 15 is 0 Å². The Hall–Kier alpha value is -0.610. The normalized spacial score (nSPS) is 27.7. The third kappa shape index (κ3) is 4.25. The Morgan fingerprint density at radius 2 is 2.11 bits per heavy atom. The fraction of sp³-hybridized carbons (Fsp3) is 0.929. The number of nitrogens with zero attached hydrogens (tertiary/aromatic N) is 1. The summed E-state index contributed by atoms with van der Waals surface area (Å²) in [6.45, 7) is 7.44. The fourth-order valence-electron chi connectivity index (χ4n) is 3.01. The van der Waals surface area contributed by atoms with Crippen molar-refractivity contribution in [1.29, 1.82) is 0 Å². The lowest BCUT2D eigenvalue weighted by Gasteiger charge is -2.30. The Labute approximate surface area is 110 Å². The molecule has 1 amide bonds. The molecule has 2 atom stereocenters. The quantitative estimate of drug-likeness (QED) is 0.785. The van der Waals surface area contributed by atoms with Gasteiger partial charge in [0.2, 0.25) is 5.91 Å². The molecular formula is C14H27N3O. The van der Waals surface area contributed by atoms with Gasteiger partial charge < -0.3 is 15.5 Å². The average molecular weight is 253 g/mol. The molecule has 0 bridgehead atoms. The Balaban J connectivity index is 1.68. The summed E-state index contributed by atoms with van der Waals surface area (Å²) in [5.41, 5.74) is 0. The molecule has 104 valence electrons. The van der Waals surface area contributed by atoms with E-state index in [0.717, 1.165) is 32.5 Å². The molecule has 0 saturated carbocycles. The van der Waals surface area contributed by atoms with Crippen molar-refractivity contribution in [1.82, 2.24) is 15.5 Å². The number of piperidine rings is 2. The summed E-state index contributed by atoms with van der Waals surface area (Å²) in [4.78, 5) is 14.6. The number of hydrogen-bond acceptors (Lipinski definition) is 3. The van der Waals surface area contributed by atoms with Gasteiger partial charge in [0, 0.05) is 19.1 Å². The van der Waals surface area contributed by atoms with Gasteiger partial charge in [-0.05, 0) is 52.2 Å². The van der Waals surface area contributed by atoms with Crippen molar-refractivity contribution in [3.63, 3.8) is 0 Å². The molecule has 4 nitrogen and oxygen atoms in total. The summed E-state index contributed by atoms with van der Waals surface area (Å²) < 4.78 is 0. The predicted molar refractivity (Wildman–Crippen MR) is 73.5 cm³/mol. The van der Waals surface area contributed by atoms with E-state index in [2.05, 4.69) is 22.5 Å². The number of carbonyl (C=O) groups excluding carboxylic acids is 1. The molecule has 0 radical (unpaired) electrons. The van der Waals surface area contributed by atoms with Gasteiger partial charge in [-0.25, -0.2) is 0 Å². The van der Waals surface area contributed by atoms with Gasteiger partial charge in [-0.1, -0.05) is 6.42 Å². The van der Waals surface area contributed by atoms with E-state index in [1.54, 1.807) is 0 Å². The molecule has 4 heteroatoms. The third-order valence-electron chi connectivity index (χ3n) is 4.04. The molecule has 2 saturated heterocycles. The van der Waals surface area contributed by atoms with Crippen LogP contribution in [0, 0.1) is 5.92 Å². The minimum atomic E-state index is 0.183. The van der Waals surface area contributed by atoms with Gasteiger partial charge in [0.05, 0.1) is 5.92 Å². The summed E-state index contributed by atoms with van der Waals surface area (Å²) in [5, 5.41) is 6.48. The standard InChI is InChI=1S/C14H27N3O/c1-12(11-17-8-3-2-4-9-17)16-14(18)13-6-5-7-15-10-13/h12-13,15H,2-11H2,1H3,(H,16,18)/t12?,13-/m0/s1. The van der Waals surface area contributed by atoms with E-state index in [0.29, 0.717) is 0 Å². The molecule has 2 heterocycles. The first kappa shape index (κ1) is 13.8. The van der Waals surface area contributed by atoms with E-state index in [4.69, 9.17) is 0 Å². The lowest BCUT2D eigenvalue weighted by Crippen LogP contribution is -2.48. The maximum Gasteiger partial charge on any atom is 0.224 e. The third-order valence-corrected chi connectivity index (χ3v) is 4.04. The zero-order chi connectivity index (χ0) is 12.8. The van der Waals surface area contributed by atoms with Crippen molar-refractivity contribution < 1.29 is 4.79 Å². The van der Waals surface area contributed by atoms with Crippen molar-refractivity contribution in [2.45, 2.75) is 45.1 Å². The topological polar surface area (TPSA) is 44.4 Å². The molecular weight excluding hydrogens is 226 g/mol. The van der Waals surface area contributed by atoms with Gasteiger partial charge >= 0.3 is 0 Å². The Kier molecular flexibility index (Phi) is 5.45. The zero-order valence-corrected chi connectivity index (χ0v) is 11.6. The molecule has 2 aliphatic heterocycles. The van der Waals surface area contributed by atoms with Crippen molar-refractivity contribution >= 4 is 5.91 Å². The van der Waals surface area contributed by atoms with E-state index in [9.17, 15) is 4.79 Å². The van der Waals surface area contributed by atoms with Crippen LogP contribution < -0.4 is 10.6 Å². The number of nitrogens with one attached hydrogen (secondary N) is 2. The van der Waals surface area contributed by atoms with Crippen LogP contribution in [0.4, 0.5) is 0 Å². The molecule has 2 aliphatic rings. The van der Waals surface area contributed by atoms with Gasteiger partial charge in [-0.3, -0.25) is 4.79 Å². The van der Waals surface area contributed by atoms with E-state index in [1.807, 2.05) is 0 Å². The molecule has 2 fully saturated rings. The van der Waals surface area contributed by atoms with Crippen molar-refractivity contribution in [3.05, 3.63) is 0 Å². The van der Waals surface area contributed by atoms with Gasteiger partial charge in [0.1, 0.15) is 0 Å². The minimum absolute atomic E-state index is 0.183. The van der Waals surface area contributed by atoms with E-state index < -0.39 is 0 Å². The molecule has 2 N–H and O–H groups in total. The smallest absolute Gasteiger partial charge is 0.224 e. The molecule has 0 aliphatic carbocycles. The van der Waals surface area contributed by atoms with E-state index in [1.165, 1.54) is 32.4 Å². The molecule has 18 heavy (non-hydrogen) atoms. The van der Waals surface area contributed by atoms with Gasteiger partial charge in [-0.15, -0.1) is 0 Å². The van der Waals surface area contributed by atoms with Crippen LogP contribution >= 0.6 is 0 Å². The minimum Gasteiger partial charge on any atom is -0.352 e.